The first kappa shape index (κ1) is 7.16. The lowest BCUT2D eigenvalue weighted by Gasteiger charge is -2.02. The van der Waals surface area contributed by atoms with Crippen LogP contribution in [0.4, 0.5) is 0 Å². The van der Waals surface area contributed by atoms with Crippen molar-refractivity contribution >= 4 is 34.5 Å². The highest BCUT2D eigenvalue weighted by molar-refractivity contribution is 6.36. The highest BCUT2D eigenvalue weighted by atomic mass is 35.5. The van der Waals surface area contributed by atoms with E-state index >= 15 is 0 Å². The Bertz CT molecular complexity index is 512. The van der Waals surface area contributed by atoms with Gasteiger partial charge >= 0.3 is 0 Å². The van der Waals surface area contributed by atoms with Gasteiger partial charge in [-0.25, -0.2) is 0 Å². The van der Waals surface area contributed by atoms with Crippen molar-refractivity contribution in [3.8, 4) is 0 Å². The molecule has 0 aliphatic heterocycles. The lowest BCUT2D eigenvalue weighted by atomic mass is 10.0. The number of hydrogen-bond acceptors (Lipinski definition) is 0. The van der Waals surface area contributed by atoms with Gasteiger partial charge in [-0.15, -0.1) is 0 Å². The Labute approximate surface area is 81.5 Å². The van der Waals surface area contributed by atoms with Crippen LogP contribution in [0.2, 0.25) is 5.02 Å². The van der Waals surface area contributed by atoms with Crippen LogP contribution in [0.5, 0.6) is 0 Å². The SMILES string of the molecule is Clc1ccc2c3c(cccc13)C=C2. The maximum Gasteiger partial charge on any atom is 0.0485 e. The molecule has 0 saturated carbocycles. The second-order valence-electron chi connectivity index (χ2n) is 3.24. The fourth-order valence-electron chi connectivity index (χ4n) is 1.88. The van der Waals surface area contributed by atoms with E-state index in [4.69, 9.17) is 11.6 Å². The molecular formula is C12H7Cl. The van der Waals surface area contributed by atoms with E-state index in [9.17, 15) is 0 Å². The molecule has 1 aliphatic rings. The van der Waals surface area contributed by atoms with Crippen molar-refractivity contribution in [2.75, 3.05) is 0 Å². The summed E-state index contributed by atoms with van der Waals surface area (Å²) < 4.78 is 0. The van der Waals surface area contributed by atoms with Gasteiger partial charge in [0.05, 0.1) is 0 Å². The van der Waals surface area contributed by atoms with Crippen molar-refractivity contribution in [1.82, 2.24) is 0 Å². The van der Waals surface area contributed by atoms with E-state index in [1.165, 1.54) is 16.5 Å². The predicted octanol–water partition coefficient (Wildman–Crippen LogP) is 3.98. The van der Waals surface area contributed by atoms with Gasteiger partial charge in [0.1, 0.15) is 0 Å². The smallest absolute Gasteiger partial charge is 0.0485 e. The van der Waals surface area contributed by atoms with Crippen molar-refractivity contribution in [1.29, 1.82) is 0 Å². The van der Waals surface area contributed by atoms with Crippen molar-refractivity contribution in [3.63, 3.8) is 0 Å². The van der Waals surface area contributed by atoms with Crippen LogP contribution in [0.1, 0.15) is 11.1 Å². The highest BCUT2D eigenvalue weighted by Gasteiger charge is 2.09. The minimum atomic E-state index is 0.837. The molecule has 0 bridgehead atoms. The Balaban J connectivity index is 2.63. The summed E-state index contributed by atoms with van der Waals surface area (Å²) in [5.41, 5.74) is 2.55. The molecule has 0 saturated heterocycles. The Morgan fingerprint density at radius 3 is 2.46 bits per heavy atom. The molecule has 0 spiro atoms. The third-order valence-electron chi connectivity index (χ3n) is 2.49. The van der Waals surface area contributed by atoms with E-state index in [0.29, 0.717) is 0 Å². The van der Waals surface area contributed by atoms with Gasteiger partial charge in [0.2, 0.25) is 0 Å². The van der Waals surface area contributed by atoms with Crippen molar-refractivity contribution in [2.45, 2.75) is 0 Å². The second kappa shape index (κ2) is 2.36. The van der Waals surface area contributed by atoms with E-state index < -0.39 is 0 Å². The summed E-state index contributed by atoms with van der Waals surface area (Å²) >= 11 is 6.10. The molecule has 13 heavy (non-hydrogen) atoms. The van der Waals surface area contributed by atoms with Crippen LogP contribution < -0.4 is 0 Å². The average molecular weight is 187 g/mol. The maximum atomic E-state index is 6.10. The Kier molecular flexibility index (Phi) is 1.30. The highest BCUT2D eigenvalue weighted by Crippen LogP contribution is 2.34. The van der Waals surface area contributed by atoms with Crippen LogP contribution in [-0.4, -0.2) is 0 Å². The van der Waals surface area contributed by atoms with Crippen LogP contribution in [0.3, 0.4) is 0 Å². The van der Waals surface area contributed by atoms with Gasteiger partial charge in [-0.2, -0.15) is 0 Å². The monoisotopic (exact) mass is 186 g/mol. The van der Waals surface area contributed by atoms with Gasteiger partial charge in [0.15, 0.2) is 0 Å². The number of halogens is 1. The summed E-state index contributed by atoms with van der Waals surface area (Å²) in [6.45, 7) is 0. The van der Waals surface area contributed by atoms with Gasteiger partial charge in [-0.05, 0) is 22.6 Å². The van der Waals surface area contributed by atoms with Crippen LogP contribution >= 0.6 is 11.6 Å². The summed E-state index contributed by atoms with van der Waals surface area (Å²) in [6.07, 6.45) is 4.27. The standard InChI is InChI=1S/C12H7Cl/c13-11-7-6-9-5-4-8-2-1-3-10(11)12(8)9/h1-7H. The molecule has 0 radical (unpaired) electrons. The summed E-state index contributed by atoms with van der Waals surface area (Å²) in [6, 6.07) is 10.3. The molecule has 62 valence electrons. The molecule has 3 rings (SSSR count). The van der Waals surface area contributed by atoms with Gasteiger partial charge in [0, 0.05) is 10.4 Å². The van der Waals surface area contributed by atoms with E-state index in [0.717, 1.165) is 10.4 Å². The number of hydrogen-bond donors (Lipinski definition) is 0. The summed E-state index contributed by atoms with van der Waals surface area (Å²) in [5.74, 6) is 0. The molecule has 1 aliphatic carbocycles. The fraction of sp³-hybridized carbons (Fsp3) is 0. The molecule has 0 amide bonds. The average Bonchev–Trinajstić information content (AvgIpc) is 2.57. The third kappa shape index (κ3) is 0.866. The first-order valence-corrected chi connectivity index (χ1v) is 4.63. The molecule has 0 heterocycles. The topological polar surface area (TPSA) is 0 Å². The van der Waals surface area contributed by atoms with Gasteiger partial charge < -0.3 is 0 Å². The van der Waals surface area contributed by atoms with Crippen molar-refractivity contribution in [2.24, 2.45) is 0 Å². The fourth-order valence-corrected chi connectivity index (χ4v) is 2.11. The lowest BCUT2D eigenvalue weighted by molar-refractivity contribution is 1.72. The molecule has 2 aromatic carbocycles. The normalized spacial score (nSPS) is 12.7. The summed E-state index contributed by atoms with van der Waals surface area (Å²) in [7, 11) is 0. The van der Waals surface area contributed by atoms with Crippen LogP contribution in [0.15, 0.2) is 30.3 Å². The molecule has 1 heteroatoms. The minimum absolute atomic E-state index is 0.837. The number of benzene rings is 2. The lowest BCUT2D eigenvalue weighted by Crippen LogP contribution is -1.78. The zero-order valence-corrected chi connectivity index (χ0v) is 7.68. The van der Waals surface area contributed by atoms with Gasteiger partial charge in [-0.1, -0.05) is 48.0 Å². The van der Waals surface area contributed by atoms with Crippen LogP contribution in [0, 0.1) is 0 Å². The number of rotatable bonds is 0. The zero-order chi connectivity index (χ0) is 8.84. The van der Waals surface area contributed by atoms with Crippen molar-refractivity contribution < 1.29 is 0 Å². The molecule has 0 N–H and O–H groups in total. The van der Waals surface area contributed by atoms with Gasteiger partial charge in [0.25, 0.3) is 0 Å². The third-order valence-corrected chi connectivity index (χ3v) is 2.82. The first-order valence-electron chi connectivity index (χ1n) is 4.25. The zero-order valence-electron chi connectivity index (χ0n) is 6.92. The Morgan fingerprint density at radius 2 is 1.62 bits per heavy atom. The largest absolute Gasteiger partial charge is 0.0837 e. The maximum absolute atomic E-state index is 6.10. The van der Waals surface area contributed by atoms with Gasteiger partial charge in [-0.3, -0.25) is 0 Å². The van der Waals surface area contributed by atoms with Crippen LogP contribution in [0.25, 0.3) is 22.9 Å². The molecule has 0 aromatic heterocycles. The van der Waals surface area contributed by atoms with E-state index in [1.807, 2.05) is 12.1 Å². The molecule has 2 aromatic rings. The quantitative estimate of drug-likeness (QED) is 0.498. The Hall–Kier alpha value is -1.27. The molecule has 0 nitrogen and oxygen atoms in total. The minimum Gasteiger partial charge on any atom is -0.0837 e. The van der Waals surface area contributed by atoms with Crippen LogP contribution in [-0.2, 0) is 0 Å². The van der Waals surface area contributed by atoms with E-state index in [2.05, 4.69) is 30.4 Å². The molecule has 0 atom stereocenters. The summed E-state index contributed by atoms with van der Waals surface area (Å²) in [4.78, 5) is 0. The molecular weight excluding hydrogens is 180 g/mol. The summed E-state index contributed by atoms with van der Waals surface area (Å²) in [5, 5.41) is 3.28. The van der Waals surface area contributed by atoms with E-state index in [1.54, 1.807) is 0 Å². The Morgan fingerprint density at radius 1 is 0.846 bits per heavy atom. The second-order valence-corrected chi connectivity index (χ2v) is 3.65. The first-order chi connectivity index (χ1) is 6.36. The van der Waals surface area contributed by atoms with Crippen molar-refractivity contribution in [3.05, 3.63) is 46.5 Å². The predicted molar refractivity (Wildman–Crippen MR) is 57.9 cm³/mol. The molecule has 0 fully saturated rings. The van der Waals surface area contributed by atoms with E-state index in [-0.39, 0.29) is 0 Å². The molecule has 0 unspecified atom stereocenters.